The zero-order valence-corrected chi connectivity index (χ0v) is 13.0. The number of nitrogens with zero attached hydrogens (tertiary/aromatic N) is 3. The van der Waals surface area contributed by atoms with Crippen molar-refractivity contribution in [2.45, 2.75) is 6.92 Å². The predicted molar refractivity (Wildman–Crippen MR) is 80.5 cm³/mol. The van der Waals surface area contributed by atoms with Gasteiger partial charge in [-0.05, 0) is 41.1 Å². The molecule has 0 aliphatic carbocycles. The van der Waals surface area contributed by atoms with Crippen LogP contribution in [0.25, 0.3) is 0 Å². The molecule has 1 aromatic carbocycles. The number of benzene rings is 1. The summed E-state index contributed by atoms with van der Waals surface area (Å²) in [5.74, 6) is 5.35. The highest BCUT2D eigenvalue weighted by Gasteiger charge is 2.24. The first-order chi connectivity index (χ1) is 9.92. The number of hydrogen-bond acceptors (Lipinski definition) is 7. The second-order valence-corrected chi connectivity index (χ2v) is 5.16. The van der Waals surface area contributed by atoms with E-state index in [0.29, 0.717) is 15.2 Å². The van der Waals surface area contributed by atoms with Gasteiger partial charge in [0, 0.05) is 5.02 Å². The summed E-state index contributed by atoms with van der Waals surface area (Å²) in [4.78, 5) is 18.2. The Balaban J connectivity index is 2.51. The zero-order valence-electron chi connectivity index (χ0n) is 10.6. The number of nitro groups is 1. The first-order valence-corrected chi connectivity index (χ1v) is 6.72. The monoisotopic (exact) mass is 373 g/mol. The molecule has 0 radical (unpaired) electrons. The number of nitrogens with two attached hydrogens (primary N) is 1. The van der Waals surface area contributed by atoms with Gasteiger partial charge in [0.25, 0.3) is 0 Å². The molecule has 1 heterocycles. The van der Waals surface area contributed by atoms with Crippen LogP contribution in [0.1, 0.15) is 5.69 Å². The summed E-state index contributed by atoms with van der Waals surface area (Å²) >= 11 is 9.09. The normalized spacial score (nSPS) is 10.3. The Bertz CT molecular complexity index is 712. The van der Waals surface area contributed by atoms with Crippen LogP contribution in [0, 0.1) is 17.0 Å². The summed E-state index contributed by atoms with van der Waals surface area (Å²) in [5, 5.41) is 11.6. The maximum Gasteiger partial charge on any atom is 0.352 e. The van der Waals surface area contributed by atoms with Crippen molar-refractivity contribution in [3.05, 3.63) is 43.5 Å². The lowest BCUT2D eigenvalue weighted by molar-refractivity contribution is -0.386. The van der Waals surface area contributed by atoms with Crippen LogP contribution in [-0.2, 0) is 0 Å². The van der Waals surface area contributed by atoms with Gasteiger partial charge in [0.15, 0.2) is 0 Å². The lowest BCUT2D eigenvalue weighted by atomic mass is 10.3. The largest absolute Gasteiger partial charge is 0.432 e. The number of halogens is 2. The van der Waals surface area contributed by atoms with Crippen molar-refractivity contribution < 1.29 is 9.66 Å². The minimum atomic E-state index is -0.616. The topological polar surface area (TPSA) is 116 Å². The number of aromatic nitrogens is 2. The van der Waals surface area contributed by atoms with E-state index in [9.17, 15) is 10.1 Å². The maximum absolute atomic E-state index is 11.1. The third-order valence-electron chi connectivity index (χ3n) is 2.44. The predicted octanol–water partition coefficient (Wildman–Crippen LogP) is 3.19. The first kappa shape index (κ1) is 15.4. The Kier molecular flexibility index (Phi) is 4.56. The number of anilines is 1. The molecule has 110 valence electrons. The van der Waals surface area contributed by atoms with E-state index in [-0.39, 0.29) is 23.2 Å². The van der Waals surface area contributed by atoms with Gasteiger partial charge in [0.2, 0.25) is 5.95 Å². The quantitative estimate of drug-likeness (QED) is 0.479. The molecule has 8 nitrogen and oxygen atoms in total. The van der Waals surface area contributed by atoms with Gasteiger partial charge in [0.05, 0.1) is 9.40 Å². The van der Waals surface area contributed by atoms with Gasteiger partial charge in [-0.1, -0.05) is 11.6 Å². The fourth-order valence-corrected chi connectivity index (χ4v) is 2.31. The van der Waals surface area contributed by atoms with Gasteiger partial charge in [-0.2, -0.15) is 4.98 Å². The number of hydrogen-bond donors (Lipinski definition) is 2. The summed E-state index contributed by atoms with van der Waals surface area (Å²) in [7, 11) is 0. The average molecular weight is 375 g/mol. The number of ether oxygens (including phenoxy) is 1. The van der Waals surface area contributed by atoms with Crippen molar-refractivity contribution in [3.63, 3.8) is 0 Å². The Morgan fingerprint density at radius 1 is 1.48 bits per heavy atom. The number of nitrogens with one attached hydrogen (secondary N) is 1. The van der Waals surface area contributed by atoms with E-state index in [4.69, 9.17) is 22.2 Å². The van der Waals surface area contributed by atoms with Crippen LogP contribution in [-0.4, -0.2) is 14.9 Å². The van der Waals surface area contributed by atoms with E-state index < -0.39 is 4.92 Å². The summed E-state index contributed by atoms with van der Waals surface area (Å²) in [6.45, 7) is 1.46. The number of rotatable bonds is 4. The molecule has 0 fully saturated rings. The molecular weight excluding hydrogens is 366 g/mol. The SMILES string of the molecule is Cc1nc(NN)nc(Oc2ccc(Cl)cc2Br)c1[N+](=O)[O-]. The first-order valence-electron chi connectivity index (χ1n) is 5.55. The lowest BCUT2D eigenvalue weighted by Crippen LogP contribution is -2.12. The summed E-state index contributed by atoms with van der Waals surface area (Å²) in [6.07, 6.45) is 0. The smallest absolute Gasteiger partial charge is 0.352 e. The minimum absolute atomic E-state index is 0.0122. The molecular formula is C11H9BrClN5O3. The van der Waals surface area contributed by atoms with Gasteiger partial charge in [-0.25, -0.2) is 10.8 Å². The van der Waals surface area contributed by atoms with Crippen molar-refractivity contribution >= 4 is 39.2 Å². The van der Waals surface area contributed by atoms with Crippen LogP contribution in [0.15, 0.2) is 22.7 Å². The highest BCUT2D eigenvalue weighted by atomic mass is 79.9. The highest BCUT2D eigenvalue weighted by molar-refractivity contribution is 9.10. The summed E-state index contributed by atoms with van der Waals surface area (Å²) in [5.41, 5.74) is 2.02. The standard InChI is InChI=1S/C11H9BrClN5O3/c1-5-9(18(19)20)10(16-11(15-5)17-14)21-8-3-2-6(13)4-7(8)12/h2-4H,14H2,1H3,(H,15,16,17). The molecule has 0 aliphatic heterocycles. The van der Waals surface area contributed by atoms with Gasteiger partial charge in [0.1, 0.15) is 11.4 Å². The second-order valence-electron chi connectivity index (χ2n) is 3.86. The molecule has 0 amide bonds. The Morgan fingerprint density at radius 2 is 2.19 bits per heavy atom. The van der Waals surface area contributed by atoms with Crippen LogP contribution in [0.4, 0.5) is 11.6 Å². The molecule has 10 heteroatoms. The number of hydrazine groups is 1. The van der Waals surface area contributed by atoms with Crippen LogP contribution < -0.4 is 16.0 Å². The Labute approximate surface area is 132 Å². The lowest BCUT2D eigenvalue weighted by Gasteiger charge is -2.09. The van der Waals surface area contributed by atoms with Crippen molar-refractivity contribution in [2.24, 2.45) is 5.84 Å². The van der Waals surface area contributed by atoms with Crippen LogP contribution in [0.2, 0.25) is 5.02 Å². The van der Waals surface area contributed by atoms with Crippen LogP contribution in [0.5, 0.6) is 11.6 Å². The van der Waals surface area contributed by atoms with Crippen LogP contribution in [0.3, 0.4) is 0 Å². The molecule has 21 heavy (non-hydrogen) atoms. The Morgan fingerprint density at radius 3 is 2.76 bits per heavy atom. The van der Waals surface area contributed by atoms with E-state index >= 15 is 0 Å². The average Bonchev–Trinajstić information content (AvgIpc) is 2.40. The molecule has 0 spiro atoms. The van der Waals surface area contributed by atoms with E-state index in [2.05, 4.69) is 31.3 Å². The van der Waals surface area contributed by atoms with Gasteiger partial charge in [-0.15, -0.1) is 0 Å². The third kappa shape index (κ3) is 3.38. The van der Waals surface area contributed by atoms with Crippen molar-refractivity contribution in [1.82, 2.24) is 9.97 Å². The minimum Gasteiger partial charge on any atom is -0.432 e. The summed E-state index contributed by atoms with van der Waals surface area (Å²) < 4.78 is 6.02. The molecule has 0 bridgehead atoms. The number of aryl methyl sites for hydroxylation is 1. The molecule has 2 rings (SSSR count). The zero-order chi connectivity index (χ0) is 15.6. The fraction of sp³-hybridized carbons (Fsp3) is 0.0909. The van der Waals surface area contributed by atoms with Gasteiger partial charge < -0.3 is 4.74 Å². The number of nitrogen functional groups attached to an aromatic ring is 1. The van der Waals surface area contributed by atoms with E-state index in [1.54, 1.807) is 18.2 Å². The molecule has 3 N–H and O–H groups in total. The molecule has 0 aliphatic rings. The van der Waals surface area contributed by atoms with Crippen molar-refractivity contribution in [2.75, 3.05) is 5.43 Å². The van der Waals surface area contributed by atoms with E-state index in [1.807, 2.05) is 0 Å². The molecule has 0 saturated heterocycles. The Hall–Kier alpha value is -1.97. The van der Waals surface area contributed by atoms with E-state index in [0.717, 1.165) is 0 Å². The third-order valence-corrected chi connectivity index (χ3v) is 3.29. The van der Waals surface area contributed by atoms with Gasteiger partial charge in [-0.3, -0.25) is 15.5 Å². The fourth-order valence-electron chi connectivity index (χ4n) is 1.55. The van der Waals surface area contributed by atoms with Crippen LogP contribution >= 0.6 is 27.5 Å². The van der Waals surface area contributed by atoms with Gasteiger partial charge >= 0.3 is 11.6 Å². The molecule has 0 unspecified atom stereocenters. The molecule has 0 atom stereocenters. The van der Waals surface area contributed by atoms with E-state index in [1.165, 1.54) is 6.92 Å². The second kappa shape index (κ2) is 6.20. The molecule has 2 aromatic rings. The molecule has 0 saturated carbocycles. The van der Waals surface area contributed by atoms with Crippen molar-refractivity contribution in [1.29, 1.82) is 0 Å². The van der Waals surface area contributed by atoms with Crippen molar-refractivity contribution in [3.8, 4) is 11.6 Å². The summed E-state index contributed by atoms with van der Waals surface area (Å²) in [6, 6.07) is 4.74. The molecule has 1 aromatic heterocycles. The maximum atomic E-state index is 11.1. The highest BCUT2D eigenvalue weighted by Crippen LogP contribution is 2.36.